The van der Waals surface area contributed by atoms with E-state index in [2.05, 4.69) is 18.9 Å². The Labute approximate surface area is 94.6 Å². The molecule has 16 heavy (non-hydrogen) atoms. The van der Waals surface area contributed by atoms with Crippen molar-refractivity contribution < 1.29 is 4.74 Å². The molecule has 1 aromatic heterocycles. The summed E-state index contributed by atoms with van der Waals surface area (Å²) in [6.07, 6.45) is 3.57. The van der Waals surface area contributed by atoms with Crippen molar-refractivity contribution in [2.24, 2.45) is 0 Å². The molecule has 0 radical (unpaired) electrons. The first-order chi connectivity index (χ1) is 7.65. The summed E-state index contributed by atoms with van der Waals surface area (Å²) < 4.78 is 7.48. The van der Waals surface area contributed by atoms with E-state index in [-0.39, 0.29) is 0 Å². The largest absolute Gasteiger partial charge is 0.454 e. The summed E-state index contributed by atoms with van der Waals surface area (Å²) in [4.78, 5) is 0. The van der Waals surface area contributed by atoms with E-state index in [4.69, 9.17) is 10.5 Å². The van der Waals surface area contributed by atoms with Crippen LogP contribution >= 0.6 is 0 Å². The van der Waals surface area contributed by atoms with Crippen molar-refractivity contribution in [1.29, 1.82) is 0 Å². The van der Waals surface area contributed by atoms with E-state index in [9.17, 15) is 0 Å². The van der Waals surface area contributed by atoms with Crippen molar-refractivity contribution in [2.75, 3.05) is 5.73 Å². The minimum Gasteiger partial charge on any atom is -0.454 e. The van der Waals surface area contributed by atoms with Crippen LogP contribution in [0, 0.1) is 0 Å². The molecule has 0 spiro atoms. The maximum absolute atomic E-state index is 5.66. The molecule has 2 rings (SSSR count). The second kappa shape index (κ2) is 4.26. The molecule has 1 heterocycles. The molecular formula is C12H15N3O. The molecule has 2 N–H and O–H groups in total. The van der Waals surface area contributed by atoms with Crippen molar-refractivity contribution in [3.05, 3.63) is 36.7 Å². The lowest BCUT2D eigenvalue weighted by Crippen LogP contribution is -1.99. The van der Waals surface area contributed by atoms with Crippen LogP contribution in [0.1, 0.15) is 19.9 Å². The van der Waals surface area contributed by atoms with Gasteiger partial charge in [0.2, 0.25) is 0 Å². The van der Waals surface area contributed by atoms with Gasteiger partial charge >= 0.3 is 0 Å². The van der Waals surface area contributed by atoms with Crippen molar-refractivity contribution in [3.8, 4) is 11.5 Å². The first-order valence-electron chi connectivity index (χ1n) is 5.22. The van der Waals surface area contributed by atoms with Crippen LogP contribution in [0.15, 0.2) is 36.7 Å². The fraction of sp³-hybridized carbons (Fsp3) is 0.250. The maximum atomic E-state index is 5.66. The van der Waals surface area contributed by atoms with Crippen LogP contribution in [0.3, 0.4) is 0 Å². The van der Waals surface area contributed by atoms with E-state index in [0.29, 0.717) is 11.7 Å². The van der Waals surface area contributed by atoms with Gasteiger partial charge in [-0.3, -0.25) is 4.68 Å². The lowest BCUT2D eigenvalue weighted by molar-refractivity contribution is 0.477. The molecule has 0 aliphatic heterocycles. The monoisotopic (exact) mass is 217 g/mol. The number of benzene rings is 1. The number of nitrogens with two attached hydrogens (primary N) is 1. The summed E-state index contributed by atoms with van der Waals surface area (Å²) in [6, 6.07) is 7.66. The Hall–Kier alpha value is -1.97. The zero-order valence-electron chi connectivity index (χ0n) is 9.42. The molecule has 2 aromatic rings. The molecular weight excluding hydrogens is 202 g/mol. The Morgan fingerprint density at radius 3 is 2.75 bits per heavy atom. The van der Waals surface area contributed by atoms with Gasteiger partial charge < -0.3 is 10.5 Å². The van der Waals surface area contributed by atoms with Crippen LogP contribution in [0.25, 0.3) is 0 Å². The second-order valence-corrected chi connectivity index (χ2v) is 3.92. The topological polar surface area (TPSA) is 53.1 Å². The van der Waals surface area contributed by atoms with Gasteiger partial charge in [-0.25, -0.2) is 0 Å². The molecule has 0 fully saturated rings. The number of rotatable bonds is 3. The first-order valence-corrected chi connectivity index (χ1v) is 5.22. The van der Waals surface area contributed by atoms with Crippen LogP contribution in [0.2, 0.25) is 0 Å². The molecule has 0 saturated carbocycles. The SMILES string of the molecule is CC(C)n1cc(Oc2cccc(N)c2)cn1. The normalized spacial score (nSPS) is 10.7. The van der Waals surface area contributed by atoms with E-state index in [1.807, 2.05) is 29.1 Å². The lowest BCUT2D eigenvalue weighted by Gasteiger charge is -2.04. The van der Waals surface area contributed by atoms with E-state index in [0.717, 1.165) is 11.5 Å². The van der Waals surface area contributed by atoms with E-state index in [1.165, 1.54) is 0 Å². The van der Waals surface area contributed by atoms with Crippen LogP contribution in [0.5, 0.6) is 11.5 Å². The van der Waals surface area contributed by atoms with Crippen molar-refractivity contribution in [2.45, 2.75) is 19.9 Å². The van der Waals surface area contributed by atoms with Crippen LogP contribution < -0.4 is 10.5 Å². The Balaban J connectivity index is 2.14. The standard InChI is InChI=1S/C12H15N3O/c1-9(2)15-8-12(7-14-15)16-11-5-3-4-10(13)6-11/h3-9H,13H2,1-2H3. The summed E-state index contributed by atoms with van der Waals surface area (Å²) in [5, 5.41) is 4.19. The zero-order chi connectivity index (χ0) is 11.5. The number of aromatic nitrogens is 2. The zero-order valence-corrected chi connectivity index (χ0v) is 9.42. The molecule has 0 unspecified atom stereocenters. The Morgan fingerprint density at radius 1 is 1.31 bits per heavy atom. The molecule has 0 atom stereocenters. The minimum absolute atomic E-state index is 0.332. The highest BCUT2D eigenvalue weighted by atomic mass is 16.5. The highest BCUT2D eigenvalue weighted by molar-refractivity contribution is 5.44. The smallest absolute Gasteiger partial charge is 0.165 e. The van der Waals surface area contributed by atoms with E-state index in [1.54, 1.807) is 12.3 Å². The van der Waals surface area contributed by atoms with Gasteiger partial charge in [-0.1, -0.05) is 6.07 Å². The van der Waals surface area contributed by atoms with Crippen molar-refractivity contribution in [1.82, 2.24) is 9.78 Å². The predicted molar refractivity (Wildman–Crippen MR) is 63.5 cm³/mol. The molecule has 0 saturated heterocycles. The van der Waals surface area contributed by atoms with Gasteiger partial charge in [-0.15, -0.1) is 0 Å². The predicted octanol–water partition coefficient (Wildman–Crippen LogP) is 2.84. The molecule has 4 heteroatoms. The number of hydrogen-bond acceptors (Lipinski definition) is 3. The van der Waals surface area contributed by atoms with E-state index >= 15 is 0 Å². The van der Waals surface area contributed by atoms with Gasteiger partial charge in [0.1, 0.15) is 5.75 Å². The lowest BCUT2D eigenvalue weighted by atomic mass is 10.3. The molecule has 0 amide bonds. The quantitative estimate of drug-likeness (QED) is 0.804. The Morgan fingerprint density at radius 2 is 2.12 bits per heavy atom. The fourth-order valence-corrected chi connectivity index (χ4v) is 1.37. The fourth-order valence-electron chi connectivity index (χ4n) is 1.37. The molecule has 0 aliphatic rings. The van der Waals surface area contributed by atoms with Crippen molar-refractivity contribution >= 4 is 5.69 Å². The maximum Gasteiger partial charge on any atom is 0.165 e. The molecule has 4 nitrogen and oxygen atoms in total. The second-order valence-electron chi connectivity index (χ2n) is 3.92. The third-order valence-electron chi connectivity index (χ3n) is 2.20. The summed E-state index contributed by atoms with van der Waals surface area (Å²) in [6.45, 7) is 4.13. The van der Waals surface area contributed by atoms with Crippen molar-refractivity contribution in [3.63, 3.8) is 0 Å². The van der Waals surface area contributed by atoms with Crippen LogP contribution in [0.4, 0.5) is 5.69 Å². The molecule has 84 valence electrons. The first kappa shape index (κ1) is 10.5. The van der Waals surface area contributed by atoms with Gasteiger partial charge in [0.05, 0.1) is 12.4 Å². The van der Waals surface area contributed by atoms with Gasteiger partial charge in [-0.2, -0.15) is 5.10 Å². The van der Waals surface area contributed by atoms with E-state index < -0.39 is 0 Å². The van der Waals surface area contributed by atoms with Crippen LogP contribution in [-0.2, 0) is 0 Å². The minimum atomic E-state index is 0.332. The Kier molecular flexibility index (Phi) is 2.81. The molecule has 0 aliphatic carbocycles. The molecule has 1 aromatic carbocycles. The number of nitrogens with zero attached hydrogens (tertiary/aromatic N) is 2. The summed E-state index contributed by atoms with van der Waals surface area (Å²) in [5.41, 5.74) is 6.35. The van der Waals surface area contributed by atoms with Crippen LogP contribution in [-0.4, -0.2) is 9.78 Å². The number of anilines is 1. The average Bonchev–Trinajstić information content (AvgIpc) is 2.66. The third-order valence-corrected chi connectivity index (χ3v) is 2.20. The summed E-state index contributed by atoms with van der Waals surface area (Å²) in [7, 11) is 0. The number of ether oxygens (including phenoxy) is 1. The summed E-state index contributed by atoms with van der Waals surface area (Å²) in [5.74, 6) is 1.45. The third kappa shape index (κ3) is 2.34. The summed E-state index contributed by atoms with van der Waals surface area (Å²) >= 11 is 0. The molecule has 0 bridgehead atoms. The average molecular weight is 217 g/mol. The van der Waals surface area contributed by atoms with Gasteiger partial charge in [0, 0.05) is 17.8 Å². The number of nitrogen functional groups attached to an aromatic ring is 1. The Bertz CT molecular complexity index is 477. The van der Waals surface area contributed by atoms with Gasteiger partial charge in [0.25, 0.3) is 0 Å². The highest BCUT2D eigenvalue weighted by Crippen LogP contribution is 2.23. The number of hydrogen-bond donors (Lipinski definition) is 1. The highest BCUT2D eigenvalue weighted by Gasteiger charge is 2.03. The van der Waals surface area contributed by atoms with Gasteiger partial charge in [-0.05, 0) is 26.0 Å². The van der Waals surface area contributed by atoms with Gasteiger partial charge in [0.15, 0.2) is 5.75 Å².